The van der Waals surface area contributed by atoms with E-state index in [1.54, 1.807) is 37.6 Å². The first-order valence-electron chi connectivity index (χ1n) is 24.5. The summed E-state index contributed by atoms with van der Waals surface area (Å²) >= 11 is 11.9. The maximum Gasteiger partial charge on any atom is 0.418 e. The van der Waals surface area contributed by atoms with Crippen LogP contribution in [0.25, 0.3) is 65.6 Å². The molecule has 6 aromatic carbocycles. The molecule has 12 aromatic rings. The minimum Gasteiger partial charge on any atom is -0.618 e. The summed E-state index contributed by atoms with van der Waals surface area (Å²) < 4.78 is 81.2. The Kier molecular flexibility index (Phi) is 18.6. The SMILES string of the molecule is CN(C)c1ccnc2cc(C(F)(F)F)ccc12.COc1ccc2c(ccc[n+]2[O-])c1.Clc1ccc2c(NCc3ccccn3)ncnc2c1.Clc1ccc2cc(-c3ccccc3)cnc2c1.Nc1ccnc2c(C(F)(F)F)cccc12. The van der Waals surface area contributed by atoms with Crippen LogP contribution in [0.1, 0.15) is 16.8 Å². The molecule has 0 saturated heterocycles. The van der Waals surface area contributed by atoms with Gasteiger partial charge in [0.15, 0.2) is 6.20 Å². The van der Waals surface area contributed by atoms with Gasteiger partial charge in [0.1, 0.15) is 17.9 Å². The van der Waals surface area contributed by atoms with Crippen molar-refractivity contribution in [1.82, 2.24) is 29.9 Å². The van der Waals surface area contributed by atoms with Gasteiger partial charge in [0.25, 0.3) is 0 Å². The molecule has 12 rings (SSSR count). The summed E-state index contributed by atoms with van der Waals surface area (Å²) in [4.78, 5) is 26.7. The monoisotopic (exact) mass is 1140 g/mol. The van der Waals surface area contributed by atoms with Gasteiger partial charge in [0.05, 0.1) is 57.9 Å². The molecule has 0 aliphatic heterocycles. The third kappa shape index (κ3) is 15.1. The van der Waals surface area contributed by atoms with Crippen molar-refractivity contribution >= 4 is 94.9 Å². The van der Waals surface area contributed by atoms with Gasteiger partial charge in [0, 0.05) is 99.5 Å². The second-order valence-corrected chi connectivity index (χ2v) is 18.7. The summed E-state index contributed by atoms with van der Waals surface area (Å²) in [7, 11) is 5.29. The number of anilines is 3. The van der Waals surface area contributed by atoms with Crippen LogP contribution in [0.15, 0.2) is 207 Å². The fourth-order valence-corrected chi connectivity index (χ4v) is 8.49. The number of benzene rings is 6. The smallest absolute Gasteiger partial charge is 0.418 e. The van der Waals surface area contributed by atoms with Crippen molar-refractivity contribution in [2.45, 2.75) is 18.9 Å². The molecule has 0 saturated carbocycles. The number of pyridine rings is 5. The van der Waals surface area contributed by atoms with Gasteiger partial charge in [-0.25, -0.2) is 9.97 Å². The van der Waals surface area contributed by atoms with E-state index in [4.69, 9.17) is 33.7 Å². The molecule has 0 unspecified atom stereocenters. The van der Waals surface area contributed by atoms with Crippen molar-refractivity contribution < 1.29 is 35.8 Å². The Morgan fingerprint density at radius 3 is 2.05 bits per heavy atom. The summed E-state index contributed by atoms with van der Waals surface area (Å²) in [6, 6.07) is 49.2. The molecular formula is C61H48Cl2F6N10O2. The van der Waals surface area contributed by atoms with Crippen LogP contribution in [0, 0.1) is 5.21 Å². The summed E-state index contributed by atoms with van der Waals surface area (Å²) in [6.07, 6.45) is 0.714. The number of nitrogens with one attached hydrogen (secondary N) is 1. The fourth-order valence-electron chi connectivity index (χ4n) is 8.16. The molecule has 0 atom stereocenters. The second kappa shape index (κ2) is 26.0. The van der Waals surface area contributed by atoms with Crippen LogP contribution >= 0.6 is 23.2 Å². The molecule has 0 aliphatic rings. The van der Waals surface area contributed by atoms with Gasteiger partial charge < -0.3 is 25.9 Å². The van der Waals surface area contributed by atoms with Crippen molar-refractivity contribution in [1.29, 1.82) is 0 Å². The highest BCUT2D eigenvalue weighted by atomic mass is 35.5. The second-order valence-electron chi connectivity index (χ2n) is 17.8. The lowest BCUT2D eigenvalue weighted by molar-refractivity contribution is -0.577. The summed E-state index contributed by atoms with van der Waals surface area (Å²) in [5.74, 6) is 1.55. The van der Waals surface area contributed by atoms with Crippen LogP contribution in [-0.2, 0) is 18.9 Å². The van der Waals surface area contributed by atoms with Crippen LogP contribution in [0.3, 0.4) is 0 Å². The summed E-state index contributed by atoms with van der Waals surface area (Å²) in [5.41, 5.74) is 11.2. The number of fused-ring (bicyclic) bond motifs is 5. The van der Waals surface area contributed by atoms with Crippen molar-refractivity contribution in [3.05, 3.63) is 239 Å². The third-order valence-electron chi connectivity index (χ3n) is 12.1. The molecule has 3 N–H and O–H groups in total. The van der Waals surface area contributed by atoms with Gasteiger partial charge in [-0.1, -0.05) is 83.9 Å². The topological polar surface area (TPSA) is 155 Å². The molecule has 0 spiro atoms. The first-order valence-corrected chi connectivity index (χ1v) is 25.3. The van der Waals surface area contributed by atoms with Crippen LogP contribution in [-0.4, -0.2) is 51.1 Å². The van der Waals surface area contributed by atoms with E-state index >= 15 is 0 Å². The van der Waals surface area contributed by atoms with E-state index in [2.05, 4.69) is 53.4 Å². The molecule has 410 valence electrons. The Labute approximate surface area is 470 Å². The molecular weight excluding hydrogens is 1090 g/mol. The molecule has 12 nitrogen and oxygen atoms in total. The number of nitrogens with two attached hydrogens (primary N) is 1. The van der Waals surface area contributed by atoms with E-state index in [1.807, 2.05) is 110 Å². The van der Waals surface area contributed by atoms with E-state index in [0.717, 1.165) is 83.7 Å². The standard InChI is InChI=1S/C15H10ClN.C14H11ClN4.C12H11F3N2.C10H7F3N2.C10H9NO2/c16-14-7-6-12-8-13(10-17-15(12)9-14)11-4-2-1-3-5-11;15-10-4-5-12-13(7-10)18-9-19-14(12)17-8-11-3-1-2-6-16-11;1-17(2)11-5-6-16-10-7-8(12(13,14)15)3-4-9(10)11;11-10(12,13)7-3-1-2-6-8(14)4-5-15-9(6)7;1-13-9-4-5-10-8(7-9)3-2-6-11(10)12/h1-10H;1-7,9H,8H2,(H,17,18,19);3-7H,1-2H3;1-5H,(H2,14,15);2-7H,1H3. The average molecular weight is 1140 g/mol. The highest BCUT2D eigenvalue weighted by Gasteiger charge is 2.33. The maximum atomic E-state index is 12.6. The number of para-hydroxylation sites is 1. The molecule has 81 heavy (non-hydrogen) atoms. The van der Waals surface area contributed by atoms with Crippen molar-refractivity contribution in [2.24, 2.45) is 0 Å². The summed E-state index contributed by atoms with van der Waals surface area (Å²) in [5, 5.41) is 19.9. The van der Waals surface area contributed by atoms with Gasteiger partial charge >= 0.3 is 12.4 Å². The molecule has 0 amide bonds. The van der Waals surface area contributed by atoms with E-state index < -0.39 is 23.5 Å². The number of halogens is 8. The lowest BCUT2D eigenvalue weighted by Crippen LogP contribution is -2.25. The van der Waals surface area contributed by atoms with Gasteiger partial charge in [-0.15, -0.1) is 0 Å². The van der Waals surface area contributed by atoms with Crippen LogP contribution < -0.4 is 25.4 Å². The number of aromatic nitrogens is 7. The highest BCUT2D eigenvalue weighted by Crippen LogP contribution is 2.36. The predicted octanol–water partition coefficient (Wildman–Crippen LogP) is 15.5. The fraction of sp³-hybridized carbons (Fsp3) is 0.0984. The molecule has 6 heterocycles. The van der Waals surface area contributed by atoms with Crippen LogP contribution in [0.2, 0.25) is 10.0 Å². The van der Waals surface area contributed by atoms with E-state index in [-0.39, 0.29) is 5.52 Å². The maximum absolute atomic E-state index is 12.6. The Balaban J connectivity index is 0.000000133. The number of nitrogen functional groups attached to an aromatic ring is 1. The van der Waals surface area contributed by atoms with Gasteiger partial charge in [0.2, 0.25) is 5.52 Å². The Morgan fingerprint density at radius 2 is 1.32 bits per heavy atom. The predicted molar refractivity (Wildman–Crippen MR) is 310 cm³/mol. The zero-order valence-corrected chi connectivity index (χ0v) is 44.8. The Morgan fingerprint density at radius 1 is 0.593 bits per heavy atom. The van der Waals surface area contributed by atoms with Crippen molar-refractivity contribution in [3.8, 4) is 16.9 Å². The number of ether oxygens (including phenoxy) is 1. The van der Waals surface area contributed by atoms with Gasteiger partial charge in [-0.3, -0.25) is 19.9 Å². The average Bonchev–Trinajstić information content (AvgIpc) is 3.53. The zero-order valence-electron chi connectivity index (χ0n) is 43.3. The van der Waals surface area contributed by atoms with Crippen LogP contribution in [0.5, 0.6) is 5.75 Å². The number of nitrogens with zero attached hydrogens (tertiary/aromatic N) is 8. The zero-order chi connectivity index (χ0) is 57.7. The largest absolute Gasteiger partial charge is 0.618 e. The molecule has 0 fully saturated rings. The van der Waals surface area contributed by atoms with E-state index in [0.29, 0.717) is 39.1 Å². The van der Waals surface area contributed by atoms with Crippen LogP contribution in [0.4, 0.5) is 43.5 Å². The Bertz CT molecular complexity index is 4090. The summed E-state index contributed by atoms with van der Waals surface area (Å²) in [6.45, 7) is 0.621. The first kappa shape index (κ1) is 57.8. The number of methoxy groups -OCH3 is 1. The van der Waals surface area contributed by atoms with E-state index in [9.17, 15) is 31.5 Å². The lowest BCUT2D eigenvalue weighted by Gasteiger charge is -2.15. The Hall–Kier alpha value is -9.39. The van der Waals surface area contributed by atoms with Gasteiger partial charge in [-0.05, 0) is 103 Å². The molecule has 6 aromatic heterocycles. The van der Waals surface area contributed by atoms with Crippen molar-refractivity contribution in [3.63, 3.8) is 0 Å². The first-order chi connectivity index (χ1) is 38.9. The minimum absolute atomic E-state index is 0.106. The number of rotatable bonds is 6. The molecule has 0 bridgehead atoms. The van der Waals surface area contributed by atoms with Gasteiger partial charge in [-0.2, -0.15) is 31.1 Å². The van der Waals surface area contributed by atoms with Crippen molar-refractivity contribution in [2.75, 3.05) is 37.2 Å². The quantitative estimate of drug-likeness (QED) is 0.0929. The lowest BCUT2D eigenvalue weighted by atomic mass is 10.1. The molecule has 0 radical (unpaired) electrons. The molecule has 0 aliphatic carbocycles. The minimum atomic E-state index is -4.40. The van der Waals surface area contributed by atoms with E-state index in [1.165, 1.54) is 54.7 Å². The number of alkyl halides is 6. The number of hydrogen-bond donors (Lipinski definition) is 2. The number of hydrogen-bond acceptors (Lipinski definition) is 11. The highest BCUT2D eigenvalue weighted by molar-refractivity contribution is 6.31. The third-order valence-corrected chi connectivity index (χ3v) is 12.6. The normalized spacial score (nSPS) is 11.0. The molecule has 20 heteroatoms.